The van der Waals surface area contributed by atoms with Gasteiger partial charge in [0.15, 0.2) is 0 Å². The van der Waals surface area contributed by atoms with Gasteiger partial charge in [-0.15, -0.1) is 11.3 Å². The lowest BCUT2D eigenvalue weighted by atomic mass is 9.87. The van der Waals surface area contributed by atoms with Gasteiger partial charge in [-0.3, -0.25) is 4.99 Å². The van der Waals surface area contributed by atoms with Crippen molar-refractivity contribution >= 4 is 23.2 Å². The highest BCUT2D eigenvalue weighted by Gasteiger charge is 2.12. The Bertz CT molecular complexity index is 541. The largest absolute Gasteiger partial charge is 0.255 e. The van der Waals surface area contributed by atoms with Crippen molar-refractivity contribution in [3.8, 4) is 0 Å². The Hall–Kier alpha value is -1.41. The van der Waals surface area contributed by atoms with E-state index in [1.54, 1.807) is 11.3 Å². The lowest BCUT2D eigenvalue weighted by Gasteiger charge is -2.18. The fourth-order valence-corrected chi connectivity index (χ4v) is 2.46. The maximum Gasteiger partial charge on any atom is 0.0630 e. The summed E-state index contributed by atoms with van der Waals surface area (Å²) in [6.45, 7) is 8.78. The molecule has 0 N–H and O–H groups in total. The minimum absolute atomic E-state index is 0.201. The Balaban J connectivity index is 2.13. The zero-order valence-corrected chi connectivity index (χ0v) is 12.2. The second kappa shape index (κ2) is 5.07. The van der Waals surface area contributed by atoms with E-state index in [0.717, 1.165) is 5.69 Å². The molecule has 0 atom stereocenters. The molecule has 0 aliphatic rings. The SMILES string of the molecule is Cc1ccc(C=Nc2ccc(C(C)(C)C)cc2)s1. The van der Waals surface area contributed by atoms with E-state index >= 15 is 0 Å². The van der Waals surface area contributed by atoms with Gasteiger partial charge >= 0.3 is 0 Å². The smallest absolute Gasteiger partial charge is 0.0630 e. The summed E-state index contributed by atoms with van der Waals surface area (Å²) in [7, 11) is 0. The average Bonchev–Trinajstić information content (AvgIpc) is 2.72. The molecule has 0 aliphatic carbocycles. The van der Waals surface area contributed by atoms with Crippen molar-refractivity contribution in [2.75, 3.05) is 0 Å². The Morgan fingerprint density at radius 1 is 1.00 bits per heavy atom. The first-order valence-electron chi connectivity index (χ1n) is 6.16. The fraction of sp³-hybridized carbons (Fsp3) is 0.312. The number of hydrogen-bond acceptors (Lipinski definition) is 2. The summed E-state index contributed by atoms with van der Waals surface area (Å²) in [5.41, 5.74) is 2.55. The molecule has 2 aromatic rings. The van der Waals surface area contributed by atoms with Crippen molar-refractivity contribution in [2.45, 2.75) is 33.1 Å². The number of thiophene rings is 1. The van der Waals surface area contributed by atoms with E-state index in [1.165, 1.54) is 15.3 Å². The van der Waals surface area contributed by atoms with Crippen molar-refractivity contribution in [2.24, 2.45) is 4.99 Å². The summed E-state index contributed by atoms with van der Waals surface area (Å²) >= 11 is 1.77. The second-order valence-electron chi connectivity index (χ2n) is 5.50. The van der Waals surface area contributed by atoms with Crippen LogP contribution >= 0.6 is 11.3 Å². The van der Waals surface area contributed by atoms with Gasteiger partial charge < -0.3 is 0 Å². The maximum atomic E-state index is 4.50. The number of aryl methyl sites for hydroxylation is 1. The summed E-state index contributed by atoms with van der Waals surface area (Å²) in [5, 5.41) is 0. The van der Waals surface area contributed by atoms with Crippen molar-refractivity contribution < 1.29 is 0 Å². The molecule has 0 bridgehead atoms. The molecule has 0 fully saturated rings. The average molecular weight is 257 g/mol. The van der Waals surface area contributed by atoms with Gasteiger partial charge in [0.25, 0.3) is 0 Å². The van der Waals surface area contributed by atoms with Crippen LogP contribution in [-0.2, 0) is 5.41 Å². The molecular formula is C16H19NS. The standard InChI is InChI=1S/C16H19NS/c1-12-5-10-15(18-12)11-17-14-8-6-13(7-9-14)16(2,3)4/h5-11H,1-4H3. The highest BCUT2D eigenvalue weighted by atomic mass is 32.1. The zero-order chi connectivity index (χ0) is 13.2. The normalized spacial score (nSPS) is 12.2. The number of hydrogen-bond donors (Lipinski definition) is 0. The van der Waals surface area contributed by atoms with Gasteiger partial charge in [0.1, 0.15) is 0 Å². The van der Waals surface area contributed by atoms with Crippen LogP contribution in [0.3, 0.4) is 0 Å². The molecule has 0 radical (unpaired) electrons. The van der Waals surface area contributed by atoms with Gasteiger partial charge in [-0.1, -0.05) is 32.9 Å². The highest BCUT2D eigenvalue weighted by molar-refractivity contribution is 7.13. The lowest BCUT2D eigenvalue weighted by molar-refractivity contribution is 0.590. The molecule has 1 heterocycles. The summed E-state index contributed by atoms with van der Waals surface area (Å²) in [5.74, 6) is 0. The predicted octanol–water partition coefficient (Wildman–Crippen LogP) is 5.10. The van der Waals surface area contributed by atoms with Crippen LogP contribution in [0.4, 0.5) is 5.69 Å². The van der Waals surface area contributed by atoms with Gasteiger partial charge in [0.2, 0.25) is 0 Å². The molecule has 1 aromatic heterocycles. The molecule has 2 heteroatoms. The van der Waals surface area contributed by atoms with Crippen LogP contribution in [0.1, 0.15) is 36.1 Å². The first kappa shape index (κ1) is 13.0. The number of nitrogens with zero attached hydrogens (tertiary/aromatic N) is 1. The monoisotopic (exact) mass is 257 g/mol. The molecule has 0 unspecified atom stereocenters. The minimum atomic E-state index is 0.201. The molecule has 1 nitrogen and oxygen atoms in total. The summed E-state index contributed by atoms with van der Waals surface area (Å²) in [6.07, 6.45) is 1.93. The number of aliphatic imine (C=N–C) groups is 1. The van der Waals surface area contributed by atoms with Crippen molar-refractivity contribution in [1.82, 2.24) is 0 Å². The molecule has 0 amide bonds. The Morgan fingerprint density at radius 3 is 2.17 bits per heavy atom. The molecule has 1 aromatic carbocycles. The van der Waals surface area contributed by atoms with Crippen LogP contribution in [0.25, 0.3) is 0 Å². The minimum Gasteiger partial charge on any atom is -0.255 e. The topological polar surface area (TPSA) is 12.4 Å². The van der Waals surface area contributed by atoms with Crippen molar-refractivity contribution in [3.05, 3.63) is 51.7 Å². The summed E-state index contributed by atoms with van der Waals surface area (Å²) in [4.78, 5) is 7.02. The van der Waals surface area contributed by atoms with E-state index in [0.29, 0.717) is 0 Å². The van der Waals surface area contributed by atoms with Crippen LogP contribution in [0.5, 0.6) is 0 Å². The van der Waals surface area contributed by atoms with Crippen LogP contribution in [0.15, 0.2) is 41.4 Å². The lowest BCUT2D eigenvalue weighted by Crippen LogP contribution is -2.10. The quantitative estimate of drug-likeness (QED) is 0.663. The molecule has 2 rings (SSSR count). The predicted molar refractivity (Wildman–Crippen MR) is 81.5 cm³/mol. The molecule has 0 spiro atoms. The molecule has 94 valence electrons. The van der Waals surface area contributed by atoms with Crippen LogP contribution in [0.2, 0.25) is 0 Å². The molecule has 0 saturated heterocycles. The van der Waals surface area contributed by atoms with Crippen LogP contribution < -0.4 is 0 Å². The Labute approximate surface area is 113 Å². The molecule has 18 heavy (non-hydrogen) atoms. The van der Waals surface area contributed by atoms with Gasteiger partial charge in [0, 0.05) is 16.0 Å². The molecule has 0 saturated carbocycles. The first-order chi connectivity index (χ1) is 8.45. The third-order valence-electron chi connectivity index (χ3n) is 2.84. The molecular weight excluding hydrogens is 238 g/mol. The van der Waals surface area contributed by atoms with E-state index in [2.05, 4.69) is 69.1 Å². The third kappa shape index (κ3) is 3.30. The third-order valence-corrected chi connectivity index (χ3v) is 3.77. The summed E-state index contributed by atoms with van der Waals surface area (Å²) < 4.78 is 0. The van der Waals surface area contributed by atoms with Gasteiger partial charge in [-0.2, -0.15) is 0 Å². The van der Waals surface area contributed by atoms with Gasteiger partial charge in [0.05, 0.1) is 5.69 Å². The van der Waals surface area contributed by atoms with Crippen molar-refractivity contribution in [3.63, 3.8) is 0 Å². The highest BCUT2D eigenvalue weighted by Crippen LogP contribution is 2.24. The van der Waals surface area contributed by atoms with E-state index in [4.69, 9.17) is 0 Å². The van der Waals surface area contributed by atoms with E-state index < -0.39 is 0 Å². The van der Waals surface area contributed by atoms with Crippen molar-refractivity contribution in [1.29, 1.82) is 0 Å². The Kier molecular flexibility index (Phi) is 3.67. The van der Waals surface area contributed by atoms with E-state index in [9.17, 15) is 0 Å². The first-order valence-corrected chi connectivity index (χ1v) is 6.98. The summed E-state index contributed by atoms with van der Waals surface area (Å²) in [6, 6.07) is 12.7. The second-order valence-corrected chi connectivity index (χ2v) is 6.82. The Morgan fingerprint density at radius 2 is 1.67 bits per heavy atom. The van der Waals surface area contributed by atoms with E-state index in [-0.39, 0.29) is 5.41 Å². The van der Waals surface area contributed by atoms with Crippen LogP contribution in [-0.4, -0.2) is 6.21 Å². The van der Waals surface area contributed by atoms with E-state index in [1.807, 2.05) is 6.21 Å². The molecule has 0 aliphatic heterocycles. The van der Waals surface area contributed by atoms with Gasteiger partial charge in [-0.25, -0.2) is 0 Å². The van der Waals surface area contributed by atoms with Gasteiger partial charge in [-0.05, 0) is 42.2 Å². The van der Waals surface area contributed by atoms with Crippen LogP contribution in [0, 0.1) is 6.92 Å². The number of benzene rings is 1. The number of rotatable bonds is 2. The maximum absolute atomic E-state index is 4.50. The fourth-order valence-electron chi connectivity index (χ4n) is 1.71. The zero-order valence-electron chi connectivity index (χ0n) is 11.4.